The average molecular weight is 381 g/mol. The summed E-state index contributed by atoms with van der Waals surface area (Å²) in [6.45, 7) is 6.00. The van der Waals surface area contributed by atoms with E-state index < -0.39 is 0 Å². The van der Waals surface area contributed by atoms with E-state index in [0.717, 1.165) is 19.0 Å². The van der Waals surface area contributed by atoms with Crippen molar-refractivity contribution in [3.63, 3.8) is 0 Å². The van der Waals surface area contributed by atoms with Gasteiger partial charge in [0, 0.05) is 18.3 Å². The first-order valence-corrected chi connectivity index (χ1v) is 9.89. The van der Waals surface area contributed by atoms with Crippen molar-refractivity contribution in [3.8, 4) is 0 Å². The molecule has 7 nitrogen and oxygen atoms in total. The molecule has 1 atom stereocenters. The molecule has 1 aliphatic rings. The van der Waals surface area contributed by atoms with Gasteiger partial charge in [0.05, 0.1) is 19.1 Å². The first kappa shape index (κ1) is 20.4. The molecule has 8 heteroatoms. The molecular weight excluding hydrogens is 352 g/mol. The number of likely N-dealkylation sites (tertiary alicyclic amines) is 1. The lowest BCUT2D eigenvalue weighted by atomic mass is 9.97. The molecule has 1 aromatic heterocycles. The molecule has 1 fully saturated rings. The summed E-state index contributed by atoms with van der Waals surface area (Å²) in [6.07, 6.45) is 2.35. The summed E-state index contributed by atoms with van der Waals surface area (Å²) in [5.41, 5.74) is 0. The Labute approximate surface area is 158 Å². The third-order valence-corrected chi connectivity index (χ3v) is 5.54. The predicted molar refractivity (Wildman–Crippen MR) is 102 cm³/mol. The van der Waals surface area contributed by atoms with Gasteiger partial charge in [-0.25, -0.2) is 0 Å². The number of nitrogens with zero attached hydrogens (tertiary/aromatic N) is 1. The lowest BCUT2D eigenvalue weighted by molar-refractivity contribution is -0.127. The zero-order valence-corrected chi connectivity index (χ0v) is 16.2. The highest BCUT2D eigenvalue weighted by atomic mass is 32.1. The van der Waals surface area contributed by atoms with Gasteiger partial charge in [0.2, 0.25) is 17.7 Å². The van der Waals surface area contributed by atoms with Crippen molar-refractivity contribution in [2.45, 2.75) is 32.7 Å². The number of rotatable bonds is 8. The molecule has 0 radical (unpaired) electrons. The number of carbonyl (C=O) groups excluding carboxylic acids is 3. The highest BCUT2D eigenvalue weighted by molar-refractivity contribution is 7.10. The van der Waals surface area contributed by atoms with E-state index in [-0.39, 0.29) is 36.9 Å². The summed E-state index contributed by atoms with van der Waals surface area (Å²) in [7, 11) is 0. The molecule has 2 rings (SSSR count). The first-order valence-electron chi connectivity index (χ1n) is 9.01. The largest absolute Gasteiger partial charge is 0.353 e. The van der Waals surface area contributed by atoms with Crippen molar-refractivity contribution in [1.82, 2.24) is 20.9 Å². The summed E-state index contributed by atoms with van der Waals surface area (Å²) in [5, 5.41) is 9.88. The second-order valence-corrected chi connectivity index (χ2v) is 7.72. The molecule has 144 valence electrons. The minimum atomic E-state index is -0.379. The third kappa shape index (κ3) is 6.76. The zero-order valence-electron chi connectivity index (χ0n) is 15.4. The third-order valence-electron chi connectivity index (χ3n) is 4.57. The van der Waals surface area contributed by atoms with Crippen molar-refractivity contribution in [2.24, 2.45) is 5.92 Å². The van der Waals surface area contributed by atoms with Gasteiger partial charge < -0.3 is 16.0 Å². The van der Waals surface area contributed by atoms with E-state index in [4.69, 9.17) is 0 Å². The van der Waals surface area contributed by atoms with E-state index in [1.54, 1.807) is 11.3 Å². The smallest absolute Gasteiger partial charge is 0.239 e. The minimum absolute atomic E-state index is 0.0907. The lowest BCUT2D eigenvalue weighted by Crippen LogP contribution is -2.45. The molecular formula is C18H28N4O3S. The Morgan fingerprint density at radius 3 is 2.42 bits per heavy atom. The van der Waals surface area contributed by atoms with Crippen LogP contribution in [-0.2, 0) is 14.4 Å². The number of piperidine rings is 1. The first-order chi connectivity index (χ1) is 12.5. The Hall–Kier alpha value is -1.93. The van der Waals surface area contributed by atoms with E-state index in [0.29, 0.717) is 6.54 Å². The fourth-order valence-electron chi connectivity index (χ4n) is 2.95. The normalized spacial score (nSPS) is 16.7. The summed E-state index contributed by atoms with van der Waals surface area (Å²) < 4.78 is 0. The van der Waals surface area contributed by atoms with Crippen molar-refractivity contribution in [3.05, 3.63) is 22.4 Å². The molecule has 1 unspecified atom stereocenters. The highest BCUT2D eigenvalue weighted by Crippen LogP contribution is 2.28. The summed E-state index contributed by atoms with van der Waals surface area (Å²) in [6, 6.07) is 4.31. The van der Waals surface area contributed by atoms with E-state index in [1.807, 2.05) is 6.07 Å². The summed E-state index contributed by atoms with van der Waals surface area (Å²) >= 11 is 1.70. The maximum Gasteiger partial charge on any atom is 0.239 e. The van der Waals surface area contributed by atoms with E-state index >= 15 is 0 Å². The molecule has 0 spiro atoms. The van der Waals surface area contributed by atoms with Crippen LogP contribution in [0.4, 0.5) is 0 Å². The van der Waals surface area contributed by atoms with Crippen LogP contribution < -0.4 is 16.0 Å². The Morgan fingerprint density at radius 2 is 1.81 bits per heavy atom. The fraction of sp³-hybridized carbons (Fsp3) is 0.611. The maximum atomic E-state index is 12.1. The molecule has 0 aromatic carbocycles. The van der Waals surface area contributed by atoms with Gasteiger partial charge in [0.1, 0.15) is 0 Å². The van der Waals surface area contributed by atoms with Gasteiger partial charge in [-0.2, -0.15) is 0 Å². The number of carbonyl (C=O) groups is 3. The molecule has 1 saturated heterocycles. The van der Waals surface area contributed by atoms with Crippen LogP contribution >= 0.6 is 11.3 Å². The van der Waals surface area contributed by atoms with Crippen molar-refractivity contribution in [2.75, 3.05) is 32.7 Å². The molecule has 1 aromatic rings. The SMILES string of the molecule is CC(=O)NCC(=O)NCC(=O)NCC(c1cccs1)N1CCC(C)CC1. The number of thiophene rings is 1. The molecule has 3 amide bonds. The molecule has 2 heterocycles. The van der Waals surface area contributed by atoms with Gasteiger partial charge in [0.15, 0.2) is 0 Å². The Kier molecular flexibility index (Phi) is 8.06. The van der Waals surface area contributed by atoms with Crippen LogP contribution in [0.5, 0.6) is 0 Å². The van der Waals surface area contributed by atoms with Crippen LogP contribution in [0.1, 0.15) is 37.6 Å². The Balaban J connectivity index is 1.80. The average Bonchev–Trinajstić information content (AvgIpc) is 3.14. The van der Waals surface area contributed by atoms with Crippen LogP contribution in [0.15, 0.2) is 17.5 Å². The van der Waals surface area contributed by atoms with Crippen LogP contribution in [0.2, 0.25) is 0 Å². The van der Waals surface area contributed by atoms with Gasteiger partial charge in [-0.15, -0.1) is 11.3 Å². The summed E-state index contributed by atoms with van der Waals surface area (Å²) in [5.74, 6) is -0.133. The fourth-order valence-corrected chi connectivity index (χ4v) is 3.81. The van der Waals surface area contributed by atoms with E-state index in [2.05, 4.69) is 39.2 Å². The van der Waals surface area contributed by atoms with Crippen molar-refractivity contribution >= 4 is 29.1 Å². The molecule has 0 aliphatic carbocycles. The van der Waals surface area contributed by atoms with Crippen LogP contribution in [0, 0.1) is 5.92 Å². The predicted octanol–water partition coefficient (Wildman–Crippen LogP) is 0.890. The topological polar surface area (TPSA) is 90.5 Å². The molecule has 3 N–H and O–H groups in total. The number of amides is 3. The van der Waals surface area contributed by atoms with Crippen LogP contribution in [0.3, 0.4) is 0 Å². The monoisotopic (exact) mass is 380 g/mol. The van der Waals surface area contributed by atoms with Gasteiger partial charge in [-0.3, -0.25) is 19.3 Å². The minimum Gasteiger partial charge on any atom is -0.353 e. The van der Waals surface area contributed by atoms with E-state index in [1.165, 1.54) is 24.6 Å². The standard InChI is InChI=1S/C18H28N4O3S/c1-13-5-7-22(8-6-13)15(16-4-3-9-26-16)10-20-18(25)12-21-17(24)11-19-14(2)23/h3-4,9,13,15H,5-8,10-12H2,1-2H3,(H,19,23)(H,20,25)(H,21,24). The summed E-state index contributed by atoms with van der Waals surface area (Å²) in [4.78, 5) is 38.1. The Morgan fingerprint density at radius 1 is 1.15 bits per heavy atom. The maximum absolute atomic E-state index is 12.1. The quantitative estimate of drug-likeness (QED) is 0.625. The lowest BCUT2D eigenvalue weighted by Gasteiger charge is -2.36. The van der Waals surface area contributed by atoms with Crippen LogP contribution in [0.25, 0.3) is 0 Å². The van der Waals surface area contributed by atoms with Gasteiger partial charge in [0.25, 0.3) is 0 Å². The van der Waals surface area contributed by atoms with Gasteiger partial charge in [-0.05, 0) is 43.3 Å². The van der Waals surface area contributed by atoms with Gasteiger partial charge in [-0.1, -0.05) is 13.0 Å². The number of nitrogens with one attached hydrogen (secondary N) is 3. The molecule has 0 saturated carbocycles. The van der Waals surface area contributed by atoms with Crippen LogP contribution in [-0.4, -0.2) is 55.3 Å². The van der Waals surface area contributed by atoms with Crippen molar-refractivity contribution < 1.29 is 14.4 Å². The number of hydrogen-bond donors (Lipinski definition) is 3. The van der Waals surface area contributed by atoms with E-state index in [9.17, 15) is 14.4 Å². The molecule has 0 bridgehead atoms. The molecule has 1 aliphatic heterocycles. The second kappa shape index (κ2) is 10.3. The second-order valence-electron chi connectivity index (χ2n) is 6.74. The molecule has 26 heavy (non-hydrogen) atoms. The Bertz CT molecular complexity index is 598. The highest BCUT2D eigenvalue weighted by Gasteiger charge is 2.25. The van der Waals surface area contributed by atoms with Gasteiger partial charge >= 0.3 is 0 Å². The zero-order chi connectivity index (χ0) is 18.9. The van der Waals surface area contributed by atoms with Crippen molar-refractivity contribution in [1.29, 1.82) is 0 Å². The number of hydrogen-bond acceptors (Lipinski definition) is 5.